The molecule has 0 spiro atoms. The van der Waals surface area contributed by atoms with E-state index in [9.17, 15) is 13.6 Å². The first-order chi connectivity index (χ1) is 15.1. The van der Waals surface area contributed by atoms with Gasteiger partial charge in [0.15, 0.2) is 0 Å². The standard InChI is InChI=1S/C25H34F2N4O/c1-16(17-8-6-5-7-9-17)24(32)30-12-10-18(11-13-30)19-14-20(23(26)27)31-22(28-19)15-21(29-31)25(2,3)4/h5-9,15-16,18-20,23,28H,10-14H2,1-4H3/t16-,19+,20-/m1/s1. The molecule has 2 aliphatic rings. The molecule has 1 amide bonds. The lowest BCUT2D eigenvalue weighted by Crippen LogP contribution is -2.46. The number of piperidine rings is 1. The van der Waals surface area contributed by atoms with Crippen LogP contribution in [-0.4, -0.2) is 46.1 Å². The molecule has 3 atom stereocenters. The Hall–Kier alpha value is -2.44. The number of alkyl halides is 2. The first-order valence-electron chi connectivity index (χ1n) is 11.6. The molecule has 0 unspecified atom stereocenters. The van der Waals surface area contributed by atoms with Crippen LogP contribution in [0.5, 0.6) is 0 Å². The maximum atomic E-state index is 13.9. The number of aromatic nitrogens is 2. The fraction of sp³-hybridized carbons (Fsp3) is 0.600. The number of carbonyl (C=O) groups excluding carboxylic acids is 1. The fourth-order valence-electron chi connectivity index (χ4n) is 4.93. The van der Waals surface area contributed by atoms with Gasteiger partial charge in [-0.05, 0) is 37.7 Å². The molecule has 4 rings (SSSR count). The van der Waals surface area contributed by atoms with Gasteiger partial charge < -0.3 is 10.2 Å². The highest BCUT2D eigenvalue weighted by molar-refractivity contribution is 5.83. The molecule has 3 heterocycles. The summed E-state index contributed by atoms with van der Waals surface area (Å²) in [6.45, 7) is 9.42. The van der Waals surface area contributed by atoms with Gasteiger partial charge in [0.1, 0.15) is 11.9 Å². The van der Waals surface area contributed by atoms with Crippen LogP contribution in [0.3, 0.4) is 0 Å². The van der Waals surface area contributed by atoms with Gasteiger partial charge in [0.25, 0.3) is 6.43 Å². The number of nitrogens with zero attached hydrogens (tertiary/aromatic N) is 3. The molecule has 2 aliphatic heterocycles. The first kappa shape index (κ1) is 22.7. The zero-order valence-electron chi connectivity index (χ0n) is 19.4. The first-order valence-corrected chi connectivity index (χ1v) is 11.6. The van der Waals surface area contributed by atoms with Gasteiger partial charge in [0.05, 0.1) is 11.6 Å². The van der Waals surface area contributed by atoms with Crippen molar-refractivity contribution in [3.8, 4) is 0 Å². The van der Waals surface area contributed by atoms with Crippen LogP contribution in [0.1, 0.15) is 70.2 Å². The van der Waals surface area contributed by atoms with Crippen LogP contribution in [0, 0.1) is 5.92 Å². The summed E-state index contributed by atoms with van der Waals surface area (Å²) in [5.74, 6) is 0.917. The van der Waals surface area contributed by atoms with Crippen LogP contribution in [-0.2, 0) is 10.2 Å². The Morgan fingerprint density at radius 3 is 2.41 bits per heavy atom. The third-order valence-electron chi connectivity index (χ3n) is 7.03. The summed E-state index contributed by atoms with van der Waals surface area (Å²) in [5.41, 5.74) is 1.65. The topological polar surface area (TPSA) is 50.2 Å². The molecule has 0 bridgehead atoms. The van der Waals surface area contributed by atoms with Gasteiger partial charge in [0.2, 0.25) is 5.91 Å². The van der Waals surface area contributed by atoms with E-state index in [1.807, 2.05) is 69.0 Å². The molecule has 1 aromatic heterocycles. The van der Waals surface area contributed by atoms with Crippen molar-refractivity contribution in [1.29, 1.82) is 0 Å². The van der Waals surface area contributed by atoms with Crippen molar-refractivity contribution in [2.24, 2.45) is 5.92 Å². The summed E-state index contributed by atoms with van der Waals surface area (Å²) >= 11 is 0. The molecule has 2 aromatic rings. The summed E-state index contributed by atoms with van der Waals surface area (Å²) < 4.78 is 29.3. The molecule has 0 saturated carbocycles. The van der Waals surface area contributed by atoms with Crippen LogP contribution in [0.15, 0.2) is 36.4 Å². The highest BCUT2D eigenvalue weighted by Gasteiger charge is 2.39. The summed E-state index contributed by atoms with van der Waals surface area (Å²) in [7, 11) is 0. The van der Waals surface area contributed by atoms with E-state index in [-0.39, 0.29) is 29.2 Å². The lowest BCUT2D eigenvalue weighted by molar-refractivity contribution is -0.133. The Bertz CT molecular complexity index is 929. The number of likely N-dealkylation sites (tertiary alicyclic amines) is 1. The monoisotopic (exact) mass is 444 g/mol. The molecule has 1 saturated heterocycles. The Balaban J connectivity index is 1.42. The average Bonchev–Trinajstić information content (AvgIpc) is 3.23. The second-order valence-corrected chi connectivity index (χ2v) is 10.3. The van der Waals surface area contributed by atoms with Crippen molar-refractivity contribution < 1.29 is 13.6 Å². The Kier molecular flexibility index (Phi) is 6.28. The van der Waals surface area contributed by atoms with E-state index in [1.54, 1.807) is 0 Å². The third kappa shape index (κ3) is 4.52. The van der Waals surface area contributed by atoms with Crippen molar-refractivity contribution in [3.05, 3.63) is 47.7 Å². The highest BCUT2D eigenvalue weighted by atomic mass is 19.3. The molecule has 32 heavy (non-hydrogen) atoms. The van der Waals surface area contributed by atoms with E-state index in [2.05, 4.69) is 10.4 Å². The van der Waals surface area contributed by atoms with Gasteiger partial charge in [0, 0.05) is 30.6 Å². The maximum Gasteiger partial charge on any atom is 0.260 e. The minimum atomic E-state index is -2.46. The molecule has 0 radical (unpaired) electrons. The smallest absolute Gasteiger partial charge is 0.260 e. The molecule has 7 heteroatoms. The van der Waals surface area contributed by atoms with Crippen LogP contribution in [0.4, 0.5) is 14.6 Å². The number of anilines is 1. The largest absolute Gasteiger partial charge is 0.367 e. The second kappa shape index (κ2) is 8.83. The summed E-state index contributed by atoms with van der Waals surface area (Å²) in [4.78, 5) is 14.9. The Morgan fingerprint density at radius 2 is 1.81 bits per heavy atom. The number of fused-ring (bicyclic) bond motifs is 1. The number of carbonyl (C=O) groups is 1. The number of rotatable bonds is 4. The minimum absolute atomic E-state index is 0.0326. The van der Waals surface area contributed by atoms with Gasteiger partial charge in [-0.3, -0.25) is 4.79 Å². The van der Waals surface area contributed by atoms with Gasteiger partial charge in [-0.1, -0.05) is 51.1 Å². The summed E-state index contributed by atoms with van der Waals surface area (Å²) in [5, 5.41) is 8.01. The normalized spacial score (nSPS) is 23.0. The highest BCUT2D eigenvalue weighted by Crippen LogP contribution is 2.38. The molecule has 5 nitrogen and oxygen atoms in total. The van der Waals surface area contributed by atoms with Crippen LogP contribution in [0.2, 0.25) is 0 Å². The van der Waals surface area contributed by atoms with Crippen molar-refractivity contribution >= 4 is 11.7 Å². The third-order valence-corrected chi connectivity index (χ3v) is 7.03. The molecule has 0 aliphatic carbocycles. The molecule has 1 aromatic carbocycles. The molecular formula is C25H34F2N4O. The average molecular weight is 445 g/mol. The fourth-order valence-corrected chi connectivity index (χ4v) is 4.93. The van der Waals surface area contributed by atoms with E-state index in [1.165, 1.54) is 4.68 Å². The summed E-state index contributed by atoms with van der Waals surface area (Å²) in [6.07, 6.45) is -0.462. The molecule has 1 N–H and O–H groups in total. The number of benzene rings is 1. The van der Waals surface area contributed by atoms with Gasteiger partial charge >= 0.3 is 0 Å². The lowest BCUT2D eigenvalue weighted by Gasteiger charge is -2.41. The van der Waals surface area contributed by atoms with Crippen LogP contribution in [0.25, 0.3) is 0 Å². The van der Waals surface area contributed by atoms with Crippen LogP contribution >= 0.6 is 0 Å². The van der Waals surface area contributed by atoms with E-state index < -0.39 is 12.5 Å². The number of halogens is 2. The van der Waals surface area contributed by atoms with E-state index in [4.69, 9.17) is 0 Å². The van der Waals surface area contributed by atoms with Crippen LogP contribution < -0.4 is 5.32 Å². The maximum absolute atomic E-state index is 13.9. The lowest BCUT2D eigenvalue weighted by atomic mass is 9.84. The Morgan fingerprint density at radius 1 is 1.16 bits per heavy atom. The van der Waals surface area contributed by atoms with Crippen molar-refractivity contribution in [1.82, 2.24) is 14.7 Å². The predicted molar refractivity (Wildman–Crippen MR) is 122 cm³/mol. The second-order valence-electron chi connectivity index (χ2n) is 10.3. The van der Waals surface area contributed by atoms with E-state index in [0.29, 0.717) is 25.3 Å². The van der Waals surface area contributed by atoms with Crippen molar-refractivity contribution in [2.75, 3.05) is 18.4 Å². The van der Waals surface area contributed by atoms with E-state index >= 15 is 0 Å². The van der Waals surface area contributed by atoms with Crippen molar-refractivity contribution in [3.63, 3.8) is 0 Å². The van der Waals surface area contributed by atoms with Crippen molar-refractivity contribution in [2.45, 2.75) is 76.8 Å². The minimum Gasteiger partial charge on any atom is -0.367 e. The number of hydrogen-bond donors (Lipinski definition) is 1. The van der Waals surface area contributed by atoms with E-state index in [0.717, 1.165) is 24.1 Å². The SMILES string of the molecule is C[C@@H](C(=O)N1CCC([C@@H]2C[C@H](C(F)F)n3nc(C(C)(C)C)cc3N2)CC1)c1ccccc1. The Labute approximate surface area is 189 Å². The molecule has 174 valence electrons. The molecular weight excluding hydrogens is 410 g/mol. The van der Waals surface area contributed by atoms with Gasteiger partial charge in [-0.15, -0.1) is 0 Å². The number of nitrogens with one attached hydrogen (secondary N) is 1. The molecule has 1 fully saturated rings. The predicted octanol–water partition coefficient (Wildman–Crippen LogP) is 5.21. The quantitative estimate of drug-likeness (QED) is 0.704. The van der Waals surface area contributed by atoms with Gasteiger partial charge in [-0.2, -0.15) is 5.10 Å². The number of amides is 1. The zero-order chi connectivity index (χ0) is 23.0. The number of hydrogen-bond acceptors (Lipinski definition) is 3. The summed E-state index contributed by atoms with van der Waals surface area (Å²) in [6, 6.07) is 10.8. The van der Waals surface area contributed by atoms with Gasteiger partial charge in [-0.25, -0.2) is 13.5 Å². The zero-order valence-corrected chi connectivity index (χ0v) is 19.4.